The average Bonchev–Trinajstić information content (AvgIpc) is 2.72. The van der Waals surface area contributed by atoms with Gasteiger partial charge in [-0.25, -0.2) is 4.98 Å². The Kier molecular flexibility index (Phi) is 2.55. The summed E-state index contributed by atoms with van der Waals surface area (Å²) < 4.78 is 5.42. The molecule has 0 saturated heterocycles. The van der Waals surface area contributed by atoms with Gasteiger partial charge in [0.15, 0.2) is 10.9 Å². The lowest BCUT2D eigenvalue weighted by Crippen LogP contribution is -2.04. The third-order valence-corrected chi connectivity index (χ3v) is 2.54. The molecule has 0 spiro atoms. The van der Waals surface area contributed by atoms with Crippen molar-refractivity contribution >= 4 is 22.4 Å². The van der Waals surface area contributed by atoms with Crippen molar-refractivity contribution in [2.75, 3.05) is 5.32 Å². The van der Waals surface area contributed by atoms with Crippen LogP contribution in [-0.4, -0.2) is 10.9 Å². The Morgan fingerprint density at radius 2 is 2.33 bits per heavy atom. The van der Waals surface area contributed by atoms with E-state index in [1.54, 1.807) is 0 Å². The van der Waals surface area contributed by atoms with E-state index in [2.05, 4.69) is 10.3 Å². The number of hydrogen-bond donors (Lipinski definition) is 1. The molecule has 0 aliphatic carbocycles. The molecule has 1 amide bonds. The fourth-order valence-corrected chi connectivity index (χ4v) is 1.91. The summed E-state index contributed by atoms with van der Waals surface area (Å²) in [5.74, 6) is 1.45. The second kappa shape index (κ2) is 3.86. The van der Waals surface area contributed by atoms with Crippen molar-refractivity contribution in [2.45, 2.75) is 13.8 Å². The highest BCUT2D eigenvalue weighted by Crippen LogP contribution is 2.26. The predicted octanol–water partition coefficient (Wildman–Crippen LogP) is 2.67. The molecule has 2 heterocycles. The number of nitrogens with one attached hydrogen (secondary N) is 1. The molecule has 2 aromatic heterocycles. The number of thiazole rings is 1. The molecular weight excluding hydrogens is 212 g/mol. The highest BCUT2D eigenvalue weighted by atomic mass is 32.1. The summed E-state index contributed by atoms with van der Waals surface area (Å²) in [7, 11) is 0. The minimum atomic E-state index is -0.119. The maximum atomic E-state index is 10.8. The maximum absolute atomic E-state index is 10.8. The summed E-state index contributed by atoms with van der Waals surface area (Å²) >= 11 is 1.38. The van der Waals surface area contributed by atoms with Crippen LogP contribution in [0.4, 0.5) is 5.13 Å². The highest BCUT2D eigenvalue weighted by Gasteiger charge is 2.08. The molecule has 15 heavy (non-hydrogen) atoms. The first-order chi connectivity index (χ1) is 7.15. The number of aryl methyl sites for hydroxylation is 1. The van der Waals surface area contributed by atoms with E-state index < -0.39 is 0 Å². The van der Waals surface area contributed by atoms with Gasteiger partial charge in [-0.2, -0.15) is 0 Å². The van der Waals surface area contributed by atoms with Crippen LogP contribution in [0.2, 0.25) is 0 Å². The van der Waals surface area contributed by atoms with Crippen LogP contribution in [0, 0.1) is 6.92 Å². The summed E-state index contributed by atoms with van der Waals surface area (Å²) in [5.41, 5.74) is 0.747. The third kappa shape index (κ3) is 2.24. The fraction of sp³-hybridized carbons (Fsp3) is 0.200. The third-order valence-electron chi connectivity index (χ3n) is 1.78. The van der Waals surface area contributed by atoms with Gasteiger partial charge in [0.05, 0.1) is 0 Å². The predicted molar refractivity (Wildman–Crippen MR) is 58.9 cm³/mol. The van der Waals surface area contributed by atoms with Crippen molar-refractivity contribution in [3.63, 3.8) is 0 Å². The van der Waals surface area contributed by atoms with E-state index in [1.165, 1.54) is 18.3 Å². The monoisotopic (exact) mass is 222 g/mol. The van der Waals surface area contributed by atoms with Gasteiger partial charge < -0.3 is 9.73 Å². The molecule has 1 N–H and O–H groups in total. The van der Waals surface area contributed by atoms with Crippen LogP contribution in [0.25, 0.3) is 11.5 Å². The molecule has 0 saturated carbocycles. The highest BCUT2D eigenvalue weighted by molar-refractivity contribution is 7.14. The van der Waals surface area contributed by atoms with Gasteiger partial charge in [0.1, 0.15) is 11.5 Å². The van der Waals surface area contributed by atoms with Crippen LogP contribution in [0.1, 0.15) is 12.7 Å². The lowest BCUT2D eigenvalue weighted by Gasteiger charge is -1.93. The van der Waals surface area contributed by atoms with Gasteiger partial charge >= 0.3 is 0 Å². The van der Waals surface area contributed by atoms with Crippen LogP contribution in [0.5, 0.6) is 0 Å². The Bertz CT molecular complexity index is 487. The summed E-state index contributed by atoms with van der Waals surface area (Å²) in [4.78, 5) is 15.0. The van der Waals surface area contributed by atoms with Gasteiger partial charge in [-0.15, -0.1) is 11.3 Å². The molecule has 5 heteroatoms. The molecule has 0 fully saturated rings. The first-order valence-corrected chi connectivity index (χ1v) is 5.33. The number of carbonyl (C=O) groups is 1. The van der Waals surface area contributed by atoms with Crippen molar-refractivity contribution in [3.05, 3.63) is 23.3 Å². The van der Waals surface area contributed by atoms with E-state index in [9.17, 15) is 4.79 Å². The minimum absolute atomic E-state index is 0.119. The van der Waals surface area contributed by atoms with E-state index in [1.807, 2.05) is 24.4 Å². The van der Waals surface area contributed by atoms with Crippen molar-refractivity contribution < 1.29 is 9.21 Å². The molecule has 0 bridgehead atoms. The number of furan rings is 1. The number of carbonyl (C=O) groups excluding carboxylic acids is 1. The molecule has 0 atom stereocenters. The van der Waals surface area contributed by atoms with Gasteiger partial charge in [0.25, 0.3) is 0 Å². The Hall–Kier alpha value is -1.62. The van der Waals surface area contributed by atoms with Gasteiger partial charge in [-0.1, -0.05) is 0 Å². The second-order valence-corrected chi connectivity index (χ2v) is 3.99. The average molecular weight is 222 g/mol. The Morgan fingerprint density at radius 1 is 1.53 bits per heavy atom. The quantitative estimate of drug-likeness (QED) is 0.849. The fourth-order valence-electron chi connectivity index (χ4n) is 1.17. The second-order valence-electron chi connectivity index (χ2n) is 3.13. The van der Waals surface area contributed by atoms with E-state index in [4.69, 9.17) is 4.42 Å². The van der Waals surface area contributed by atoms with Crippen LogP contribution < -0.4 is 5.32 Å². The van der Waals surface area contributed by atoms with Crippen LogP contribution in [0.15, 0.2) is 21.9 Å². The van der Waals surface area contributed by atoms with Gasteiger partial charge in [-0.3, -0.25) is 4.79 Å². The molecule has 4 nitrogen and oxygen atoms in total. The lowest BCUT2D eigenvalue weighted by molar-refractivity contribution is -0.114. The SMILES string of the molecule is CC(=O)Nc1nc(-c2ccc(C)o2)cs1. The topological polar surface area (TPSA) is 55.1 Å². The lowest BCUT2D eigenvalue weighted by atomic mass is 10.4. The van der Waals surface area contributed by atoms with Gasteiger partial charge in [-0.05, 0) is 19.1 Å². The molecule has 0 aromatic carbocycles. The van der Waals surface area contributed by atoms with Gasteiger partial charge in [0, 0.05) is 12.3 Å². The number of amides is 1. The molecular formula is C10H10N2O2S. The number of nitrogens with zero attached hydrogens (tertiary/aromatic N) is 1. The van der Waals surface area contributed by atoms with Crippen molar-refractivity contribution in [3.8, 4) is 11.5 Å². The number of anilines is 1. The number of rotatable bonds is 2. The zero-order chi connectivity index (χ0) is 10.8. The minimum Gasteiger partial charge on any atom is -0.460 e. The standard InChI is InChI=1S/C10H10N2O2S/c1-6-3-4-9(14-6)8-5-15-10(12-8)11-7(2)13/h3-5H,1-2H3,(H,11,12,13). The molecule has 0 unspecified atom stereocenters. The normalized spacial score (nSPS) is 10.3. The van der Waals surface area contributed by atoms with E-state index >= 15 is 0 Å². The first-order valence-electron chi connectivity index (χ1n) is 4.45. The number of hydrogen-bond acceptors (Lipinski definition) is 4. The molecule has 2 aromatic rings. The molecule has 78 valence electrons. The Labute approximate surface area is 90.9 Å². The van der Waals surface area contributed by atoms with Crippen molar-refractivity contribution in [1.29, 1.82) is 0 Å². The molecule has 2 rings (SSSR count). The van der Waals surface area contributed by atoms with Crippen LogP contribution in [-0.2, 0) is 4.79 Å². The number of aromatic nitrogens is 1. The first kappa shape index (κ1) is 9.92. The largest absolute Gasteiger partial charge is 0.460 e. The zero-order valence-electron chi connectivity index (χ0n) is 8.40. The van der Waals surface area contributed by atoms with Gasteiger partial charge in [0.2, 0.25) is 5.91 Å². The van der Waals surface area contributed by atoms with Crippen LogP contribution in [0.3, 0.4) is 0 Å². The Morgan fingerprint density at radius 3 is 2.93 bits per heavy atom. The maximum Gasteiger partial charge on any atom is 0.223 e. The van der Waals surface area contributed by atoms with E-state index in [-0.39, 0.29) is 5.91 Å². The molecule has 0 aliphatic heterocycles. The van der Waals surface area contributed by atoms with Crippen molar-refractivity contribution in [1.82, 2.24) is 4.98 Å². The van der Waals surface area contributed by atoms with E-state index in [0.29, 0.717) is 5.13 Å². The summed E-state index contributed by atoms with van der Waals surface area (Å²) in [5, 5.41) is 5.07. The van der Waals surface area contributed by atoms with E-state index in [0.717, 1.165) is 17.2 Å². The smallest absolute Gasteiger partial charge is 0.223 e. The van der Waals surface area contributed by atoms with Crippen LogP contribution >= 0.6 is 11.3 Å². The summed E-state index contributed by atoms with van der Waals surface area (Å²) in [6, 6.07) is 3.74. The zero-order valence-corrected chi connectivity index (χ0v) is 9.22. The summed E-state index contributed by atoms with van der Waals surface area (Å²) in [6.45, 7) is 3.34. The van der Waals surface area contributed by atoms with Crippen molar-refractivity contribution in [2.24, 2.45) is 0 Å². The summed E-state index contributed by atoms with van der Waals surface area (Å²) in [6.07, 6.45) is 0. The Balaban J connectivity index is 2.23. The molecule has 0 aliphatic rings. The molecule has 0 radical (unpaired) electrons.